The summed E-state index contributed by atoms with van der Waals surface area (Å²) in [6, 6.07) is 6.00. The fourth-order valence-electron chi connectivity index (χ4n) is 2.28. The average molecular weight is 282 g/mol. The zero-order chi connectivity index (χ0) is 13.9. The first kappa shape index (κ1) is 14.0. The van der Waals surface area contributed by atoms with E-state index in [0.717, 1.165) is 0 Å². The van der Waals surface area contributed by atoms with Crippen LogP contribution in [0.5, 0.6) is 0 Å². The molecule has 1 aromatic rings. The van der Waals surface area contributed by atoms with Crippen molar-refractivity contribution >= 4 is 9.84 Å². The predicted octanol–water partition coefficient (Wildman–Crippen LogP) is 1.36. The SMILES string of the molecule is N#Cc1cc(F)cc(CNCC2CCCS2(=O)=O)c1. The molecule has 1 aliphatic heterocycles. The molecule has 6 heteroatoms. The zero-order valence-corrected chi connectivity index (χ0v) is 11.2. The lowest BCUT2D eigenvalue weighted by atomic mass is 10.1. The molecule has 1 saturated heterocycles. The molecule has 19 heavy (non-hydrogen) atoms. The van der Waals surface area contributed by atoms with E-state index < -0.39 is 15.7 Å². The number of benzene rings is 1. The lowest BCUT2D eigenvalue weighted by Crippen LogP contribution is -2.30. The van der Waals surface area contributed by atoms with Gasteiger partial charge in [0.2, 0.25) is 0 Å². The van der Waals surface area contributed by atoms with Crippen molar-refractivity contribution in [1.82, 2.24) is 5.32 Å². The smallest absolute Gasteiger partial charge is 0.154 e. The van der Waals surface area contributed by atoms with Crippen molar-refractivity contribution < 1.29 is 12.8 Å². The highest BCUT2D eigenvalue weighted by atomic mass is 32.2. The molecule has 0 bridgehead atoms. The third-order valence-corrected chi connectivity index (χ3v) is 5.53. The Morgan fingerprint density at radius 2 is 2.21 bits per heavy atom. The summed E-state index contributed by atoms with van der Waals surface area (Å²) in [4.78, 5) is 0. The van der Waals surface area contributed by atoms with E-state index in [4.69, 9.17) is 5.26 Å². The van der Waals surface area contributed by atoms with Crippen LogP contribution in [-0.2, 0) is 16.4 Å². The summed E-state index contributed by atoms with van der Waals surface area (Å²) in [5, 5.41) is 11.4. The summed E-state index contributed by atoms with van der Waals surface area (Å²) in [7, 11) is -2.95. The zero-order valence-electron chi connectivity index (χ0n) is 10.4. The quantitative estimate of drug-likeness (QED) is 0.905. The van der Waals surface area contributed by atoms with Crippen molar-refractivity contribution in [3.63, 3.8) is 0 Å². The second-order valence-electron chi connectivity index (χ2n) is 4.72. The van der Waals surface area contributed by atoms with Gasteiger partial charge in [-0.05, 0) is 36.6 Å². The molecule has 0 radical (unpaired) electrons. The van der Waals surface area contributed by atoms with Gasteiger partial charge in [0, 0.05) is 13.1 Å². The molecule has 0 aliphatic carbocycles. The van der Waals surface area contributed by atoms with Gasteiger partial charge in [0.15, 0.2) is 9.84 Å². The molecule has 0 aromatic heterocycles. The van der Waals surface area contributed by atoms with Crippen molar-refractivity contribution in [1.29, 1.82) is 5.26 Å². The highest BCUT2D eigenvalue weighted by Gasteiger charge is 2.30. The minimum absolute atomic E-state index is 0.262. The first-order valence-electron chi connectivity index (χ1n) is 6.13. The molecular weight excluding hydrogens is 267 g/mol. The Morgan fingerprint density at radius 3 is 2.84 bits per heavy atom. The highest BCUT2D eigenvalue weighted by Crippen LogP contribution is 2.19. The van der Waals surface area contributed by atoms with E-state index in [1.54, 1.807) is 6.07 Å². The molecule has 4 nitrogen and oxygen atoms in total. The standard InChI is InChI=1S/C13H15FN2O2S/c14-12-5-10(7-15)4-11(6-12)8-16-9-13-2-1-3-19(13,17)18/h4-6,13,16H,1-3,8-9H2. The lowest BCUT2D eigenvalue weighted by molar-refractivity contribution is 0.572. The van der Waals surface area contributed by atoms with E-state index in [1.807, 2.05) is 6.07 Å². The summed E-state index contributed by atoms with van der Waals surface area (Å²) in [6.07, 6.45) is 1.40. The van der Waals surface area contributed by atoms with Crippen LogP contribution in [0.3, 0.4) is 0 Å². The first-order chi connectivity index (χ1) is 9.01. The molecule has 1 unspecified atom stereocenters. The van der Waals surface area contributed by atoms with Crippen molar-refractivity contribution in [2.45, 2.75) is 24.6 Å². The summed E-state index contributed by atoms with van der Waals surface area (Å²) in [6.45, 7) is 0.735. The molecule has 1 atom stereocenters. The molecule has 102 valence electrons. The predicted molar refractivity (Wildman–Crippen MR) is 69.6 cm³/mol. The maximum Gasteiger partial charge on any atom is 0.154 e. The van der Waals surface area contributed by atoms with E-state index >= 15 is 0 Å². The van der Waals surface area contributed by atoms with Gasteiger partial charge in [-0.2, -0.15) is 5.26 Å². The lowest BCUT2D eigenvalue weighted by Gasteiger charge is -2.11. The van der Waals surface area contributed by atoms with Crippen LogP contribution < -0.4 is 5.32 Å². The largest absolute Gasteiger partial charge is 0.311 e. The topological polar surface area (TPSA) is 70.0 Å². The fourth-order valence-corrected chi connectivity index (χ4v) is 4.08. The van der Waals surface area contributed by atoms with Crippen LogP contribution in [0.25, 0.3) is 0 Å². The van der Waals surface area contributed by atoms with Gasteiger partial charge in [-0.3, -0.25) is 0 Å². The van der Waals surface area contributed by atoms with Crippen molar-refractivity contribution in [2.75, 3.05) is 12.3 Å². The maximum atomic E-state index is 13.2. The van der Waals surface area contributed by atoms with Gasteiger partial charge < -0.3 is 5.32 Å². The van der Waals surface area contributed by atoms with Crippen LogP contribution in [-0.4, -0.2) is 26.0 Å². The number of nitrogens with one attached hydrogen (secondary N) is 1. The van der Waals surface area contributed by atoms with Gasteiger partial charge in [-0.1, -0.05) is 0 Å². The number of rotatable bonds is 4. The number of halogens is 1. The van der Waals surface area contributed by atoms with Gasteiger partial charge in [0.1, 0.15) is 5.82 Å². The molecule has 0 spiro atoms. The number of sulfone groups is 1. The normalized spacial score (nSPS) is 21.2. The van der Waals surface area contributed by atoms with E-state index in [1.165, 1.54) is 12.1 Å². The second-order valence-corrected chi connectivity index (χ2v) is 7.12. The van der Waals surface area contributed by atoms with E-state index in [0.29, 0.717) is 31.5 Å². The molecule has 0 saturated carbocycles. The molecular formula is C13H15FN2O2S. The Kier molecular flexibility index (Phi) is 4.17. The Hall–Kier alpha value is -1.45. The molecule has 1 heterocycles. The molecule has 1 fully saturated rings. The Labute approximate surface area is 112 Å². The van der Waals surface area contributed by atoms with Crippen LogP contribution in [0, 0.1) is 17.1 Å². The van der Waals surface area contributed by atoms with Crippen LogP contribution in [0.4, 0.5) is 4.39 Å². The van der Waals surface area contributed by atoms with Crippen molar-refractivity contribution in [3.05, 3.63) is 35.1 Å². The second kappa shape index (κ2) is 5.68. The van der Waals surface area contributed by atoms with Gasteiger partial charge in [0.25, 0.3) is 0 Å². The number of hydrogen-bond donors (Lipinski definition) is 1. The minimum Gasteiger partial charge on any atom is -0.311 e. The van der Waals surface area contributed by atoms with Crippen molar-refractivity contribution in [2.24, 2.45) is 0 Å². The molecule has 2 rings (SSSR count). The summed E-state index contributed by atoms with van der Waals surface area (Å²) in [5.41, 5.74) is 0.914. The number of hydrogen-bond acceptors (Lipinski definition) is 4. The Balaban J connectivity index is 1.93. The van der Waals surface area contributed by atoms with Gasteiger partial charge in [0.05, 0.1) is 22.6 Å². The monoisotopic (exact) mass is 282 g/mol. The average Bonchev–Trinajstić information content (AvgIpc) is 2.68. The highest BCUT2D eigenvalue weighted by molar-refractivity contribution is 7.92. The van der Waals surface area contributed by atoms with Crippen molar-refractivity contribution in [3.8, 4) is 6.07 Å². The molecule has 1 N–H and O–H groups in total. The Morgan fingerprint density at radius 1 is 1.42 bits per heavy atom. The first-order valence-corrected chi connectivity index (χ1v) is 7.84. The maximum absolute atomic E-state index is 13.2. The van der Waals surface area contributed by atoms with Gasteiger partial charge in [-0.15, -0.1) is 0 Å². The van der Waals surface area contributed by atoms with Gasteiger partial charge >= 0.3 is 0 Å². The van der Waals surface area contributed by atoms with Crippen LogP contribution in [0.2, 0.25) is 0 Å². The molecule has 1 aromatic carbocycles. The number of nitrogens with zero attached hydrogens (tertiary/aromatic N) is 1. The number of nitriles is 1. The third kappa shape index (κ3) is 3.52. The summed E-state index contributed by atoms with van der Waals surface area (Å²) < 4.78 is 36.4. The van der Waals surface area contributed by atoms with Gasteiger partial charge in [-0.25, -0.2) is 12.8 Å². The van der Waals surface area contributed by atoms with E-state index in [9.17, 15) is 12.8 Å². The van der Waals surface area contributed by atoms with E-state index in [-0.39, 0.29) is 16.6 Å². The fraction of sp³-hybridized carbons (Fsp3) is 0.462. The van der Waals surface area contributed by atoms with E-state index in [2.05, 4.69) is 5.32 Å². The van der Waals surface area contributed by atoms with Crippen LogP contribution >= 0.6 is 0 Å². The third-order valence-electron chi connectivity index (χ3n) is 3.25. The Bertz CT molecular complexity index is 608. The van der Waals surface area contributed by atoms with Crippen LogP contribution in [0.15, 0.2) is 18.2 Å². The molecule has 1 aliphatic rings. The molecule has 0 amide bonds. The summed E-state index contributed by atoms with van der Waals surface area (Å²) in [5.74, 6) is -0.193. The van der Waals surface area contributed by atoms with Crippen LogP contribution in [0.1, 0.15) is 24.0 Å². The minimum atomic E-state index is -2.95. The summed E-state index contributed by atoms with van der Waals surface area (Å²) >= 11 is 0.